The molecule has 5 heteroatoms. The van der Waals surface area contributed by atoms with E-state index in [9.17, 15) is 4.39 Å². The monoisotopic (exact) mass is 263 g/mol. The molecule has 0 atom stereocenters. The Morgan fingerprint density at radius 1 is 1.37 bits per heavy atom. The second-order valence-electron chi connectivity index (χ2n) is 5.40. The summed E-state index contributed by atoms with van der Waals surface area (Å²) < 4.78 is 18.2. The molecule has 0 aliphatic heterocycles. The molecule has 19 heavy (non-hydrogen) atoms. The van der Waals surface area contributed by atoms with Crippen LogP contribution in [0, 0.1) is 5.82 Å². The Morgan fingerprint density at radius 2 is 2.16 bits per heavy atom. The van der Waals surface area contributed by atoms with Crippen LogP contribution in [0.3, 0.4) is 0 Å². The quantitative estimate of drug-likeness (QED) is 0.900. The van der Waals surface area contributed by atoms with E-state index in [0.717, 1.165) is 12.0 Å². The second-order valence-corrected chi connectivity index (χ2v) is 5.40. The van der Waals surface area contributed by atoms with Crippen LogP contribution in [0.2, 0.25) is 0 Å². The highest BCUT2D eigenvalue weighted by Crippen LogP contribution is 2.12. The maximum Gasteiger partial charge on any atom is 0.226 e. The number of rotatable bonds is 5. The molecule has 0 bridgehead atoms. The van der Waals surface area contributed by atoms with E-state index in [1.165, 1.54) is 12.1 Å². The summed E-state index contributed by atoms with van der Waals surface area (Å²) >= 11 is 0. The largest absolute Gasteiger partial charge is 0.339 e. The minimum atomic E-state index is -0.258. The van der Waals surface area contributed by atoms with Crippen LogP contribution in [0.1, 0.15) is 37.5 Å². The third-order valence-corrected chi connectivity index (χ3v) is 2.74. The lowest BCUT2D eigenvalue weighted by Gasteiger charge is -2.16. The molecule has 0 aliphatic carbocycles. The summed E-state index contributed by atoms with van der Waals surface area (Å²) in [5.74, 6) is 0.881. The van der Waals surface area contributed by atoms with Gasteiger partial charge >= 0.3 is 0 Å². The molecule has 2 N–H and O–H groups in total. The van der Waals surface area contributed by atoms with Gasteiger partial charge in [0.2, 0.25) is 5.89 Å². The fourth-order valence-corrected chi connectivity index (χ4v) is 1.72. The summed E-state index contributed by atoms with van der Waals surface area (Å²) in [6.45, 7) is 3.91. The minimum absolute atomic E-state index is 0.253. The van der Waals surface area contributed by atoms with E-state index >= 15 is 0 Å². The highest BCUT2D eigenvalue weighted by Gasteiger charge is 2.14. The predicted molar refractivity (Wildman–Crippen MR) is 70.1 cm³/mol. The highest BCUT2D eigenvalue weighted by atomic mass is 19.1. The van der Waals surface area contributed by atoms with Crippen LogP contribution in [0.4, 0.5) is 4.39 Å². The molecule has 0 unspecified atom stereocenters. The highest BCUT2D eigenvalue weighted by molar-refractivity contribution is 5.19. The van der Waals surface area contributed by atoms with Gasteiger partial charge in [0.1, 0.15) is 5.82 Å². The first-order valence-electron chi connectivity index (χ1n) is 6.27. The standard InChI is InChI=1S/C14H18FN3O/c1-14(2,16)7-6-13-17-12(18-19-13)9-10-4-3-5-11(15)8-10/h3-5,8H,6-7,9,16H2,1-2H3. The van der Waals surface area contributed by atoms with Crippen LogP contribution < -0.4 is 5.73 Å². The van der Waals surface area contributed by atoms with Gasteiger partial charge in [-0.15, -0.1) is 0 Å². The van der Waals surface area contributed by atoms with Gasteiger partial charge in [0.05, 0.1) is 0 Å². The number of halogens is 1. The van der Waals surface area contributed by atoms with Crippen molar-refractivity contribution >= 4 is 0 Å². The van der Waals surface area contributed by atoms with Crippen molar-refractivity contribution < 1.29 is 8.91 Å². The molecule has 2 aromatic rings. The third-order valence-electron chi connectivity index (χ3n) is 2.74. The van der Waals surface area contributed by atoms with E-state index in [1.807, 2.05) is 19.9 Å². The summed E-state index contributed by atoms with van der Waals surface area (Å²) in [7, 11) is 0. The molecule has 4 nitrogen and oxygen atoms in total. The first-order chi connectivity index (χ1) is 8.92. The number of aryl methyl sites for hydroxylation is 1. The van der Waals surface area contributed by atoms with Crippen molar-refractivity contribution in [3.05, 3.63) is 47.4 Å². The Balaban J connectivity index is 1.97. The topological polar surface area (TPSA) is 64.9 Å². The molecule has 0 amide bonds. The van der Waals surface area contributed by atoms with Crippen LogP contribution in [0.25, 0.3) is 0 Å². The molecule has 2 rings (SSSR count). The first kappa shape index (κ1) is 13.7. The summed E-state index contributed by atoms with van der Waals surface area (Å²) in [6, 6.07) is 6.39. The summed E-state index contributed by atoms with van der Waals surface area (Å²) in [5.41, 5.74) is 6.47. The fraction of sp³-hybridized carbons (Fsp3) is 0.429. The molecular formula is C14H18FN3O. The Kier molecular flexibility index (Phi) is 3.95. The summed E-state index contributed by atoms with van der Waals surface area (Å²) in [6.07, 6.45) is 1.89. The number of nitrogens with two attached hydrogens (primary N) is 1. The van der Waals surface area contributed by atoms with Crippen molar-refractivity contribution in [1.82, 2.24) is 10.1 Å². The van der Waals surface area contributed by atoms with Crippen molar-refractivity contribution in [2.45, 2.75) is 38.6 Å². The third kappa shape index (κ3) is 4.44. The van der Waals surface area contributed by atoms with Crippen molar-refractivity contribution in [2.24, 2.45) is 5.73 Å². The lowest BCUT2D eigenvalue weighted by atomic mass is 10.0. The van der Waals surface area contributed by atoms with Gasteiger partial charge in [0, 0.05) is 18.4 Å². The average molecular weight is 263 g/mol. The zero-order valence-electron chi connectivity index (χ0n) is 11.2. The molecule has 0 saturated carbocycles. The van der Waals surface area contributed by atoms with Gasteiger partial charge < -0.3 is 10.3 Å². The fourth-order valence-electron chi connectivity index (χ4n) is 1.72. The molecule has 102 valence electrons. The zero-order chi connectivity index (χ0) is 13.9. The Morgan fingerprint density at radius 3 is 2.84 bits per heavy atom. The predicted octanol–water partition coefficient (Wildman–Crippen LogP) is 2.47. The molecular weight excluding hydrogens is 245 g/mol. The van der Waals surface area contributed by atoms with Crippen LogP contribution in [0.5, 0.6) is 0 Å². The molecule has 0 spiro atoms. The summed E-state index contributed by atoms with van der Waals surface area (Å²) in [5, 5.41) is 3.89. The Bertz CT molecular complexity index is 546. The number of aromatic nitrogens is 2. The zero-order valence-corrected chi connectivity index (χ0v) is 11.2. The van der Waals surface area contributed by atoms with Gasteiger partial charge in [-0.05, 0) is 38.0 Å². The van der Waals surface area contributed by atoms with Crippen LogP contribution in [-0.2, 0) is 12.8 Å². The molecule has 0 radical (unpaired) electrons. The van der Waals surface area contributed by atoms with Crippen LogP contribution >= 0.6 is 0 Å². The van der Waals surface area contributed by atoms with Gasteiger partial charge in [0.25, 0.3) is 0 Å². The second kappa shape index (κ2) is 5.48. The van der Waals surface area contributed by atoms with Gasteiger partial charge in [-0.25, -0.2) is 4.39 Å². The molecule has 0 aliphatic rings. The number of benzene rings is 1. The SMILES string of the molecule is CC(C)(N)CCc1nc(Cc2cccc(F)c2)no1. The van der Waals surface area contributed by atoms with Crippen molar-refractivity contribution in [3.63, 3.8) is 0 Å². The number of hydrogen-bond acceptors (Lipinski definition) is 4. The van der Waals surface area contributed by atoms with E-state index in [1.54, 1.807) is 6.07 Å². The number of hydrogen-bond donors (Lipinski definition) is 1. The Labute approximate surface area is 111 Å². The smallest absolute Gasteiger partial charge is 0.226 e. The maximum absolute atomic E-state index is 13.0. The lowest BCUT2D eigenvalue weighted by Crippen LogP contribution is -2.32. The van der Waals surface area contributed by atoms with Gasteiger partial charge in [0.15, 0.2) is 5.82 Å². The van der Waals surface area contributed by atoms with Gasteiger partial charge in [-0.2, -0.15) is 4.98 Å². The summed E-state index contributed by atoms with van der Waals surface area (Å²) in [4.78, 5) is 4.28. The lowest BCUT2D eigenvalue weighted by molar-refractivity contribution is 0.355. The first-order valence-corrected chi connectivity index (χ1v) is 6.27. The Hall–Kier alpha value is -1.75. The van der Waals surface area contributed by atoms with Crippen molar-refractivity contribution in [2.75, 3.05) is 0 Å². The molecule has 0 saturated heterocycles. The van der Waals surface area contributed by atoms with Gasteiger partial charge in [-0.3, -0.25) is 0 Å². The minimum Gasteiger partial charge on any atom is -0.339 e. The van der Waals surface area contributed by atoms with E-state index in [4.69, 9.17) is 10.3 Å². The van der Waals surface area contributed by atoms with E-state index in [-0.39, 0.29) is 11.4 Å². The van der Waals surface area contributed by atoms with Crippen molar-refractivity contribution in [1.29, 1.82) is 0 Å². The van der Waals surface area contributed by atoms with Crippen molar-refractivity contribution in [3.8, 4) is 0 Å². The van der Waals surface area contributed by atoms with Crippen LogP contribution in [-0.4, -0.2) is 15.7 Å². The molecule has 1 aromatic carbocycles. The number of nitrogens with zero attached hydrogens (tertiary/aromatic N) is 2. The molecule has 0 fully saturated rings. The van der Waals surface area contributed by atoms with E-state index in [2.05, 4.69) is 10.1 Å². The van der Waals surface area contributed by atoms with E-state index < -0.39 is 0 Å². The normalized spacial score (nSPS) is 11.8. The molecule has 1 aromatic heterocycles. The van der Waals surface area contributed by atoms with Gasteiger partial charge in [-0.1, -0.05) is 17.3 Å². The molecule has 1 heterocycles. The average Bonchev–Trinajstić information content (AvgIpc) is 2.73. The van der Waals surface area contributed by atoms with Crippen LogP contribution in [0.15, 0.2) is 28.8 Å². The van der Waals surface area contributed by atoms with E-state index in [0.29, 0.717) is 24.6 Å². The maximum atomic E-state index is 13.0.